The average molecular weight is 386 g/mol. The zero-order valence-corrected chi connectivity index (χ0v) is 15.7. The van der Waals surface area contributed by atoms with Crippen LogP contribution in [0.15, 0.2) is 77.2 Å². The van der Waals surface area contributed by atoms with E-state index in [2.05, 4.69) is 10.3 Å². The molecule has 6 nitrogen and oxygen atoms in total. The van der Waals surface area contributed by atoms with Gasteiger partial charge in [-0.15, -0.1) is 0 Å². The summed E-state index contributed by atoms with van der Waals surface area (Å²) in [7, 11) is 0. The van der Waals surface area contributed by atoms with Crippen LogP contribution in [-0.2, 0) is 4.79 Å². The Balaban J connectivity index is 1.35. The molecule has 144 valence electrons. The van der Waals surface area contributed by atoms with Crippen molar-refractivity contribution in [3.8, 4) is 17.2 Å². The number of fused-ring (bicyclic) bond motifs is 1. The lowest BCUT2D eigenvalue weighted by Crippen LogP contribution is -2.20. The molecule has 0 saturated carbocycles. The maximum atomic E-state index is 12.1. The topological polar surface area (TPSA) is 81.4 Å². The molecule has 0 aliphatic rings. The molecule has 1 amide bonds. The van der Waals surface area contributed by atoms with Crippen molar-refractivity contribution in [2.45, 2.75) is 6.92 Å². The lowest BCUT2D eigenvalue weighted by atomic mass is 10.1. The van der Waals surface area contributed by atoms with Gasteiger partial charge >= 0.3 is 0 Å². The van der Waals surface area contributed by atoms with E-state index in [4.69, 9.17) is 9.15 Å². The third-order valence-corrected chi connectivity index (χ3v) is 4.34. The summed E-state index contributed by atoms with van der Waals surface area (Å²) < 4.78 is 11.2. The van der Waals surface area contributed by atoms with Crippen LogP contribution in [0.1, 0.15) is 17.3 Å². The standard InChI is InChI=1S/C23H18N2O4/c1-15(26)16-8-12-19(13-9-16)28-14-22(27)24-18-10-6-17(7-11-18)23-25-20-4-2-3-5-21(20)29-23/h2-13H,14H2,1H3,(H,24,27). The number of benzene rings is 3. The van der Waals surface area contributed by atoms with Gasteiger partial charge in [0.15, 0.2) is 18.0 Å². The molecule has 0 bridgehead atoms. The molecule has 0 atom stereocenters. The number of ketones is 1. The predicted molar refractivity (Wildman–Crippen MR) is 110 cm³/mol. The number of oxazole rings is 1. The van der Waals surface area contributed by atoms with E-state index in [0.717, 1.165) is 16.7 Å². The third-order valence-electron chi connectivity index (χ3n) is 4.34. The van der Waals surface area contributed by atoms with Crippen LogP contribution < -0.4 is 10.1 Å². The maximum Gasteiger partial charge on any atom is 0.262 e. The molecule has 1 N–H and O–H groups in total. The van der Waals surface area contributed by atoms with Gasteiger partial charge in [-0.25, -0.2) is 4.98 Å². The first-order valence-corrected chi connectivity index (χ1v) is 9.08. The Morgan fingerprint density at radius 2 is 1.69 bits per heavy atom. The van der Waals surface area contributed by atoms with E-state index in [1.165, 1.54) is 6.92 Å². The predicted octanol–water partition coefficient (Wildman–Crippen LogP) is 4.71. The quantitative estimate of drug-likeness (QED) is 0.485. The molecule has 4 rings (SSSR count). The minimum Gasteiger partial charge on any atom is -0.484 e. The molecule has 0 unspecified atom stereocenters. The first-order chi connectivity index (χ1) is 14.1. The molecule has 0 aliphatic carbocycles. The Hall–Kier alpha value is -3.93. The number of Topliss-reactive ketones (excluding diaryl/α,β-unsaturated/α-hetero) is 1. The van der Waals surface area contributed by atoms with Gasteiger partial charge in [0.25, 0.3) is 5.91 Å². The van der Waals surface area contributed by atoms with Crippen LogP contribution in [0.4, 0.5) is 5.69 Å². The largest absolute Gasteiger partial charge is 0.484 e. The van der Waals surface area contributed by atoms with Crippen molar-refractivity contribution < 1.29 is 18.7 Å². The van der Waals surface area contributed by atoms with Crippen molar-refractivity contribution in [2.75, 3.05) is 11.9 Å². The van der Waals surface area contributed by atoms with E-state index in [9.17, 15) is 9.59 Å². The number of aromatic nitrogens is 1. The van der Waals surface area contributed by atoms with Gasteiger partial charge < -0.3 is 14.5 Å². The van der Waals surface area contributed by atoms with Gasteiger partial charge in [0.05, 0.1) is 0 Å². The molecular formula is C23H18N2O4. The van der Waals surface area contributed by atoms with E-state index in [-0.39, 0.29) is 18.3 Å². The zero-order chi connectivity index (χ0) is 20.2. The molecule has 0 fully saturated rings. The SMILES string of the molecule is CC(=O)c1ccc(OCC(=O)Nc2ccc(-c3nc4ccccc4o3)cc2)cc1. The van der Waals surface area contributed by atoms with E-state index in [1.54, 1.807) is 36.4 Å². The van der Waals surface area contributed by atoms with Gasteiger partial charge in [0.1, 0.15) is 11.3 Å². The molecule has 1 heterocycles. The highest BCUT2D eigenvalue weighted by atomic mass is 16.5. The number of para-hydroxylation sites is 2. The molecule has 0 radical (unpaired) electrons. The Morgan fingerprint density at radius 3 is 2.38 bits per heavy atom. The summed E-state index contributed by atoms with van der Waals surface area (Å²) in [4.78, 5) is 27.8. The highest BCUT2D eigenvalue weighted by Gasteiger charge is 2.09. The average Bonchev–Trinajstić information content (AvgIpc) is 3.17. The summed E-state index contributed by atoms with van der Waals surface area (Å²) in [6.07, 6.45) is 0. The smallest absolute Gasteiger partial charge is 0.262 e. The van der Waals surface area contributed by atoms with E-state index >= 15 is 0 Å². The normalized spacial score (nSPS) is 10.7. The molecule has 0 spiro atoms. The van der Waals surface area contributed by atoms with E-state index < -0.39 is 0 Å². The molecule has 0 saturated heterocycles. The Bertz CT molecular complexity index is 1130. The minimum atomic E-state index is -0.282. The molecule has 0 aliphatic heterocycles. The van der Waals surface area contributed by atoms with Crippen LogP contribution in [0.25, 0.3) is 22.6 Å². The van der Waals surface area contributed by atoms with Crippen molar-refractivity contribution >= 4 is 28.5 Å². The molecular weight excluding hydrogens is 368 g/mol. The van der Waals surface area contributed by atoms with Gasteiger partial charge in [-0.1, -0.05) is 12.1 Å². The van der Waals surface area contributed by atoms with E-state index in [1.807, 2.05) is 36.4 Å². The second kappa shape index (κ2) is 7.98. The minimum absolute atomic E-state index is 0.0180. The number of rotatable bonds is 6. The van der Waals surface area contributed by atoms with Crippen molar-refractivity contribution in [2.24, 2.45) is 0 Å². The van der Waals surface area contributed by atoms with Gasteiger partial charge in [0, 0.05) is 16.8 Å². The number of nitrogens with one attached hydrogen (secondary N) is 1. The second-order valence-corrected chi connectivity index (χ2v) is 6.48. The van der Waals surface area contributed by atoms with Crippen LogP contribution in [0.5, 0.6) is 5.75 Å². The Morgan fingerprint density at radius 1 is 0.966 bits per heavy atom. The number of anilines is 1. The van der Waals surface area contributed by atoms with Crippen LogP contribution in [0.3, 0.4) is 0 Å². The summed E-state index contributed by atoms with van der Waals surface area (Å²) >= 11 is 0. The van der Waals surface area contributed by atoms with Crippen LogP contribution in [0, 0.1) is 0 Å². The summed E-state index contributed by atoms with van der Waals surface area (Å²) in [5.74, 6) is 0.753. The Labute approximate surface area is 167 Å². The van der Waals surface area contributed by atoms with Crippen molar-refractivity contribution in [1.82, 2.24) is 4.98 Å². The monoisotopic (exact) mass is 386 g/mol. The van der Waals surface area contributed by atoms with Gasteiger partial charge in [0.2, 0.25) is 5.89 Å². The molecule has 1 aromatic heterocycles. The summed E-state index contributed by atoms with van der Waals surface area (Å²) in [6.45, 7) is 1.37. The van der Waals surface area contributed by atoms with Crippen molar-refractivity contribution in [1.29, 1.82) is 0 Å². The number of carbonyl (C=O) groups excluding carboxylic acids is 2. The fourth-order valence-corrected chi connectivity index (χ4v) is 2.82. The highest BCUT2D eigenvalue weighted by Crippen LogP contribution is 2.25. The highest BCUT2D eigenvalue weighted by molar-refractivity contribution is 5.94. The summed E-state index contributed by atoms with van der Waals surface area (Å²) in [5.41, 5.74) is 3.59. The number of amides is 1. The Kier molecular flexibility index (Phi) is 5.07. The van der Waals surface area contributed by atoms with Crippen molar-refractivity contribution in [3.05, 3.63) is 78.4 Å². The van der Waals surface area contributed by atoms with Gasteiger partial charge in [-0.2, -0.15) is 0 Å². The van der Waals surface area contributed by atoms with Crippen LogP contribution in [-0.4, -0.2) is 23.3 Å². The van der Waals surface area contributed by atoms with Gasteiger partial charge in [-0.3, -0.25) is 9.59 Å². The maximum absolute atomic E-state index is 12.1. The molecule has 4 aromatic rings. The van der Waals surface area contributed by atoms with Crippen molar-refractivity contribution in [3.63, 3.8) is 0 Å². The number of hydrogen-bond donors (Lipinski definition) is 1. The fraction of sp³-hybridized carbons (Fsp3) is 0.0870. The molecule has 3 aromatic carbocycles. The fourth-order valence-electron chi connectivity index (χ4n) is 2.82. The molecule has 6 heteroatoms. The third kappa shape index (κ3) is 4.32. The lowest BCUT2D eigenvalue weighted by molar-refractivity contribution is -0.118. The lowest BCUT2D eigenvalue weighted by Gasteiger charge is -2.08. The van der Waals surface area contributed by atoms with E-state index in [0.29, 0.717) is 22.9 Å². The number of carbonyl (C=O) groups is 2. The number of hydrogen-bond acceptors (Lipinski definition) is 5. The second-order valence-electron chi connectivity index (χ2n) is 6.48. The number of nitrogens with zero attached hydrogens (tertiary/aromatic N) is 1. The summed E-state index contributed by atoms with van der Waals surface area (Å²) in [5, 5.41) is 2.78. The first kappa shape index (κ1) is 18.4. The van der Waals surface area contributed by atoms with Crippen LogP contribution in [0.2, 0.25) is 0 Å². The van der Waals surface area contributed by atoms with Gasteiger partial charge in [-0.05, 0) is 67.6 Å². The first-order valence-electron chi connectivity index (χ1n) is 9.08. The molecule has 29 heavy (non-hydrogen) atoms. The summed E-state index contributed by atoms with van der Waals surface area (Å²) in [6, 6.07) is 21.5. The number of ether oxygens (including phenoxy) is 1. The van der Waals surface area contributed by atoms with Crippen LogP contribution >= 0.6 is 0 Å². The zero-order valence-electron chi connectivity index (χ0n) is 15.7.